The maximum atomic E-state index is 12.1. The predicted octanol–water partition coefficient (Wildman–Crippen LogP) is 2.30. The van der Waals surface area contributed by atoms with Gasteiger partial charge in [-0.1, -0.05) is 18.2 Å². The molecule has 21 heavy (non-hydrogen) atoms. The highest BCUT2D eigenvalue weighted by Crippen LogP contribution is 2.15. The van der Waals surface area contributed by atoms with E-state index in [1.54, 1.807) is 0 Å². The number of carbonyl (C=O) groups excluding carboxylic acids is 1. The zero-order chi connectivity index (χ0) is 15.4. The smallest absolute Gasteiger partial charge is 0.226 e. The molecule has 0 saturated heterocycles. The van der Waals surface area contributed by atoms with Crippen molar-refractivity contribution >= 4 is 11.6 Å². The molecule has 2 rings (SSSR count). The van der Waals surface area contributed by atoms with E-state index in [4.69, 9.17) is 5.73 Å². The topological polar surface area (TPSA) is 72.9 Å². The maximum Gasteiger partial charge on any atom is 0.226 e. The lowest BCUT2D eigenvalue weighted by Crippen LogP contribution is -2.17. The number of anilines is 1. The van der Waals surface area contributed by atoms with Gasteiger partial charge in [0.1, 0.15) is 0 Å². The van der Waals surface area contributed by atoms with Gasteiger partial charge in [-0.2, -0.15) is 5.10 Å². The first-order valence-electron chi connectivity index (χ1n) is 7.11. The fraction of sp³-hybridized carbons (Fsp3) is 0.375. The van der Waals surface area contributed by atoms with Gasteiger partial charge in [0.05, 0.1) is 5.69 Å². The van der Waals surface area contributed by atoms with Crippen LogP contribution in [0.4, 0.5) is 5.69 Å². The normalized spacial score (nSPS) is 10.7. The van der Waals surface area contributed by atoms with Crippen molar-refractivity contribution in [2.75, 3.05) is 5.32 Å². The van der Waals surface area contributed by atoms with Crippen LogP contribution in [0.15, 0.2) is 24.3 Å². The number of nitrogens with zero attached hydrogens (tertiary/aromatic N) is 2. The molecule has 0 fully saturated rings. The highest BCUT2D eigenvalue weighted by atomic mass is 16.1. The summed E-state index contributed by atoms with van der Waals surface area (Å²) in [5.41, 5.74) is 10.7. The van der Waals surface area contributed by atoms with Gasteiger partial charge in [0.15, 0.2) is 0 Å². The number of aromatic nitrogens is 2. The lowest BCUT2D eigenvalue weighted by molar-refractivity contribution is -0.116. The minimum atomic E-state index is -0.0268. The standard InChI is InChI=1S/C16H22N4O/c1-11-12(2)19-20(13(11)3)9-8-16(21)18-15-7-5-4-6-14(15)10-17/h4-7H,8-10,17H2,1-3H3,(H,18,21). The Morgan fingerprint density at radius 2 is 2.00 bits per heavy atom. The van der Waals surface area contributed by atoms with Crippen LogP contribution < -0.4 is 11.1 Å². The van der Waals surface area contributed by atoms with Gasteiger partial charge in [-0.05, 0) is 38.0 Å². The molecule has 1 amide bonds. The van der Waals surface area contributed by atoms with Crippen LogP contribution in [0.1, 0.15) is 28.9 Å². The van der Waals surface area contributed by atoms with Crippen molar-refractivity contribution < 1.29 is 4.79 Å². The van der Waals surface area contributed by atoms with E-state index in [-0.39, 0.29) is 5.91 Å². The number of benzene rings is 1. The minimum Gasteiger partial charge on any atom is -0.326 e. The van der Waals surface area contributed by atoms with Gasteiger partial charge in [-0.3, -0.25) is 9.48 Å². The number of nitrogens with two attached hydrogens (primary N) is 1. The number of carbonyl (C=O) groups is 1. The minimum absolute atomic E-state index is 0.0268. The molecule has 5 nitrogen and oxygen atoms in total. The fourth-order valence-electron chi connectivity index (χ4n) is 2.24. The first kappa shape index (κ1) is 15.3. The molecule has 0 aliphatic rings. The van der Waals surface area contributed by atoms with E-state index in [1.807, 2.05) is 49.7 Å². The molecule has 1 aromatic heterocycles. The zero-order valence-electron chi connectivity index (χ0n) is 12.8. The SMILES string of the molecule is Cc1nn(CCC(=O)Nc2ccccc2CN)c(C)c1C. The molecular weight excluding hydrogens is 264 g/mol. The molecule has 0 radical (unpaired) electrons. The average molecular weight is 286 g/mol. The molecule has 112 valence electrons. The second-order valence-electron chi connectivity index (χ2n) is 5.18. The van der Waals surface area contributed by atoms with Crippen molar-refractivity contribution in [1.29, 1.82) is 0 Å². The van der Waals surface area contributed by atoms with Gasteiger partial charge < -0.3 is 11.1 Å². The summed E-state index contributed by atoms with van der Waals surface area (Å²) in [6, 6.07) is 7.59. The molecule has 1 aromatic carbocycles. The molecule has 0 bridgehead atoms. The first-order chi connectivity index (χ1) is 10.0. The van der Waals surface area contributed by atoms with Crippen LogP contribution in [-0.4, -0.2) is 15.7 Å². The van der Waals surface area contributed by atoms with Gasteiger partial charge >= 0.3 is 0 Å². The van der Waals surface area contributed by atoms with Crippen molar-refractivity contribution in [2.24, 2.45) is 5.73 Å². The Morgan fingerprint density at radius 3 is 2.62 bits per heavy atom. The second kappa shape index (κ2) is 6.54. The zero-order valence-corrected chi connectivity index (χ0v) is 12.8. The molecule has 3 N–H and O–H groups in total. The molecule has 0 saturated carbocycles. The number of hydrogen-bond donors (Lipinski definition) is 2. The fourth-order valence-corrected chi connectivity index (χ4v) is 2.24. The largest absolute Gasteiger partial charge is 0.326 e. The highest BCUT2D eigenvalue weighted by Gasteiger charge is 2.10. The van der Waals surface area contributed by atoms with Crippen LogP contribution in [0.25, 0.3) is 0 Å². The number of hydrogen-bond acceptors (Lipinski definition) is 3. The molecule has 0 aliphatic heterocycles. The van der Waals surface area contributed by atoms with Gasteiger partial charge in [-0.15, -0.1) is 0 Å². The van der Waals surface area contributed by atoms with Crippen LogP contribution in [0.3, 0.4) is 0 Å². The van der Waals surface area contributed by atoms with E-state index in [1.165, 1.54) is 5.56 Å². The average Bonchev–Trinajstić information content (AvgIpc) is 2.73. The third-order valence-electron chi connectivity index (χ3n) is 3.81. The Hall–Kier alpha value is -2.14. The summed E-state index contributed by atoms with van der Waals surface area (Å²) in [5.74, 6) is -0.0268. The second-order valence-corrected chi connectivity index (χ2v) is 5.18. The number of para-hydroxylation sites is 1. The monoisotopic (exact) mass is 286 g/mol. The predicted molar refractivity (Wildman–Crippen MR) is 84.0 cm³/mol. The van der Waals surface area contributed by atoms with E-state index in [0.717, 1.165) is 22.6 Å². The summed E-state index contributed by atoms with van der Waals surface area (Å²) in [6.07, 6.45) is 0.389. The van der Waals surface area contributed by atoms with Crippen molar-refractivity contribution in [3.8, 4) is 0 Å². The van der Waals surface area contributed by atoms with Gasteiger partial charge in [0, 0.05) is 30.9 Å². The maximum absolute atomic E-state index is 12.1. The lowest BCUT2D eigenvalue weighted by atomic mass is 10.2. The van der Waals surface area contributed by atoms with E-state index < -0.39 is 0 Å². The Morgan fingerprint density at radius 1 is 1.29 bits per heavy atom. The number of amides is 1. The Labute approximate surface area is 125 Å². The number of rotatable bonds is 5. The lowest BCUT2D eigenvalue weighted by Gasteiger charge is -2.10. The molecule has 0 atom stereocenters. The van der Waals surface area contributed by atoms with Crippen molar-refractivity contribution in [1.82, 2.24) is 9.78 Å². The summed E-state index contributed by atoms with van der Waals surface area (Å²) >= 11 is 0. The van der Waals surface area contributed by atoms with Gasteiger partial charge in [-0.25, -0.2) is 0 Å². The summed E-state index contributed by atoms with van der Waals surface area (Å²) in [6.45, 7) is 7.04. The summed E-state index contributed by atoms with van der Waals surface area (Å²) < 4.78 is 1.89. The van der Waals surface area contributed by atoms with Crippen LogP contribution in [0.2, 0.25) is 0 Å². The van der Waals surface area contributed by atoms with Crippen molar-refractivity contribution in [2.45, 2.75) is 40.3 Å². The van der Waals surface area contributed by atoms with Crippen molar-refractivity contribution in [3.05, 3.63) is 46.8 Å². The van der Waals surface area contributed by atoms with E-state index in [0.29, 0.717) is 19.5 Å². The van der Waals surface area contributed by atoms with Crippen LogP contribution in [0, 0.1) is 20.8 Å². The van der Waals surface area contributed by atoms with E-state index >= 15 is 0 Å². The van der Waals surface area contributed by atoms with Crippen LogP contribution in [0.5, 0.6) is 0 Å². The van der Waals surface area contributed by atoms with Gasteiger partial charge in [0.2, 0.25) is 5.91 Å². The summed E-state index contributed by atoms with van der Waals surface area (Å²) in [5, 5.41) is 7.35. The molecular formula is C16H22N4O. The first-order valence-corrected chi connectivity index (χ1v) is 7.11. The molecule has 0 spiro atoms. The van der Waals surface area contributed by atoms with Crippen molar-refractivity contribution in [3.63, 3.8) is 0 Å². The molecule has 0 unspecified atom stereocenters. The van der Waals surface area contributed by atoms with E-state index in [9.17, 15) is 4.79 Å². The Balaban J connectivity index is 1.97. The van der Waals surface area contributed by atoms with Crippen LogP contribution in [-0.2, 0) is 17.9 Å². The third-order valence-corrected chi connectivity index (χ3v) is 3.81. The van der Waals surface area contributed by atoms with E-state index in [2.05, 4.69) is 10.4 Å². The number of nitrogens with one attached hydrogen (secondary N) is 1. The molecule has 0 aliphatic carbocycles. The highest BCUT2D eigenvalue weighted by molar-refractivity contribution is 5.91. The van der Waals surface area contributed by atoms with Crippen LogP contribution >= 0.6 is 0 Å². The summed E-state index contributed by atoms with van der Waals surface area (Å²) in [4.78, 5) is 12.1. The quantitative estimate of drug-likeness (QED) is 0.885. The third kappa shape index (κ3) is 3.49. The Kier molecular flexibility index (Phi) is 4.75. The summed E-state index contributed by atoms with van der Waals surface area (Å²) in [7, 11) is 0. The van der Waals surface area contributed by atoms with Gasteiger partial charge in [0.25, 0.3) is 0 Å². The molecule has 5 heteroatoms. The molecule has 1 heterocycles. The Bertz CT molecular complexity index is 646. The molecule has 2 aromatic rings. The number of aryl methyl sites for hydroxylation is 2.